The monoisotopic (exact) mass is 195 g/mol. The van der Waals surface area contributed by atoms with Crippen LogP contribution in [0, 0.1) is 0 Å². The molecule has 0 amide bonds. The number of esters is 1. The zero-order chi connectivity index (χ0) is 9.97. The molecule has 2 heterocycles. The van der Waals surface area contributed by atoms with E-state index in [0.717, 1.165) is 0 Å². The van der Waals surface area contributed by atoms with Gasteiger partial charge in [0, 0.05) is 6.20 Å². The molecule has 2 rings (SSSR count). The van der Waals surface area contributed by atoms with Crippen LogP contribution in [0.1, 0.15) is 17.3 Å². The summed E-state index contributed by atoms with van der Waals surface area (Å²) in [6.07, 6.45) is 1.49. The van der Waals surface area contributed by atoms with Gasteiger partial charge in [0.1, 0.15) is 5.56 Å². The molecular weight excluding hydrogens is 186 g/mol. The lowest BCUT2D eigenvalue weighted by Crippen LogP contribution is -2.06. The highest BCUT2D eigenvalue weighted by atomic mass is 16.7. The summed E-state index contributed by atoms with van der Waals surface area (Å²) in [4.78, 5) is 15.3. The van der Waals surface area contributed by atoms with Gasteiger partial charge in [0.25, 0.3) is 5.88 Å². The Morgan fingerprint density at radius 1 is 1.64 bits per heavy atom. The number of fused-ring (bicyclic) bond motifs is 1. The third-order valence-corrected chi connectivity index (χ3v) is 1.77. The second-order valence-electron chi connectivity index (χ2n) is 2.62. The normalized spacial score (nSPS) is 12.6. The molecule has 0 atom stereocenters. The quantitative estimate of drug-likeness (QED) is 0.658. The molecule has 0 spiro atoms. The number of nitrogens with zero attached hydrogens (tertiary/aromatic N) is 1. The molecule has 1 aliphatic rings. The molecule has 14 heavy (non-hydrogen) atoms. The molecule has 0 aliphatic carbocycles. The maximum Gasteiger partial charge on any atom is 0.342 e. The van der Waals surface area contributed by atoms with Gasteiger partial charge in [-0.25, -0.2) is 9.78 Å². The molecular formula is C9H9NO4. The molecule has 0 saturated heterocycles. The van der Waals surface area contributed by atoms with E-state index >= 15 is 0 Å². The van der Waals surface area contributed by atoms with E-state index in [9.17, 15) is 4.79 Å². The van der Waals surface area contributed by atoms with Gasteiger partial charge in [0.05, 0.1) is 6.61 Å². The minimum Gasteiger partial charge on any atom is -0.462 e. The third-order valence-electron chi connectivity index (χ3n) is 1.77. The topological polar surface area (TPSA) is 57.7 Å². The van der Waals surface area contributed by atoms with Crippen LogP contribution in [0.2, 0.25) is 0 Å². The van der Waals surface area contributed by atoms with Crippen molar-refractivity contribution in [3.8, 4) is 11.6 Å². The second kappa shape index (κ2) is 3.53. The molecule has 74 valence electrons. The fraction of sp³-hybridized carbons (Fsp3) is 0.333. The molecule has 0 saturated carbocycles. The SMILES string of the molecule is CCOC(=O)c1ccnc2c1OCO2. The van der Waals surface area contributed by atoms with E-state index in [1.165, 1.54) is 6.20 Å². The first kappa shape index (κ1) is 8.80. The van der Waals surface area contributed by atoms with Crippen LogP contribution < -0.4 is 9.47 Å². The van der Waals surface area contributed by atoms with Crippen LogP contribution in [0.25, 0.3) is 0 Å². The Labute approximate surface area is 80.6 Å². The minimum absolute atomic E-state index is 0.0960. The summed E-state index contributed by atoms with van der Waals surface area (Å²) in [7, 11) is 0. The first-order valence-electron chi connectivity index (χ1n) is 4.24. The average molecular weight is 195 g/mol. The molecule has 0 N–H and O–H groups in total. The highest BCUT2D eigenvalue weighted by Gasteiger charge is 2.23. The molecule has 5 nitrogen and oxygen atoms in total. The number of carbonyl (C=O) groups is 1. The number of hydrogen-bond donors (Lipinski definition) is 0. The van der Waals surface area contributed by atoms with Gasteiger partial charge < -0.3 is 14.2 Å². The Morgan fingerprint density at radius 2 is 2.50 bits per heavy atom. The largest absolute Gasteiger partial charge is 0.462 e. The fourth-order valence-electron chi connectivity index (χ4n) is 1.19. The van der Waals surface area contributed by atoms with Crippen molar-refractivity contribution in [2.45, 2.75) is 6.92 Å². The summed E-state index contributed by atoms with van der Waals surface area (Å²) >= 11 is 0. The van der Waals surface area contributed by atoms with Crippen molar-refractivity contribution in [2.75, 3.05) is 13.4 Å². The van der Waals surface area contributed by atoms with E-state index in [1.807, 2.05) is 0 Å². The van der Waals surface area contributed by atoms with Gasteiger partial charge >= 0.3 is 5.97 Å². The summed E-state index contributed by atoms with van der Waals surface area (Å²) in [6.45, 7) is 2.17. The summed E-state index contributed by atoms with van der Waals surface area (Å²) in [5, 5.41) is 0. The van der Waals surface area contributed by atoms with Crippen molar-refractivity contribution in [2.24, 2.45) is 0 Å². The second-order valence-corrected chi connectivity index (χ2v) is 2.62. The maximum atomic E-state index is 11.4. The molecule has 0 unspecified atom stereocenters. The lowest BCUT2D eigenvalue weighted by Gasteiger charge is -2.03. The Balaban J connectivity index is 2.34. The van der Waals surface area contributed by atoms with Crippen LogP contribution in [0.3, 0.4) is 0 Å². The van der Waals surface area contributed by atoms with Gasteiger partial charge in [-0.3, -0.25) is 0 Å². The van der Waals surface area contributed by atoms with Crippen LogP contribution in [0.5, 0.6) is 11.6 Å². The van der Waals surface area contributed by atoms with Crippen LogP contribution >= 0.6 is 0 Å². The van der Waals surface area contributed by atoms with Gasteiger partial charge in [-0.1, -0.05) is 0 Å². The predicted octanol–water partition coefficient (Wildman–Crippen LogP) is 0.987. The van der Waals surface area contributed by atoms with Gasteiger partial charge in [0.15, 0.2) is 5.75 Å². The van der Waals surface area contributed by atoms with E-state index < -0.39 is 5.97 Å². The Kier molecular flexibility index (Phi) is 2.22. The lowest BCUT2D eigenvalue weighted by atomic mass is 10.2. The molecule has 0 fully saturated rings. The molecule has 0 radical (unpaired) electrons. The van der Waals surface area contributed by atoms with E-state index in [2.05, 4.69) is 4.98 Å². The van der Waals surface area contributed by atoms with Crippen LogP contribution in [-0.2, 0) is 4.74 Å². The molecule has 1 aromatic rings. The fourth-order valence-corrected chi connectivity index (χ4v) is 1.19. The van der Waals surface area contributed by atoms with Crippen molar-refractivity contribution in [1.29, 1.82) is 0 Å². The average Bonchev–Trinajstić information content (AvgIpc) is 2.65. The summed E-state index contributed by atoms with van der Waals surface area (Å²) in [5.41, 5.74) is 0.356. The number of ether oxygens (including phenoxy) is 3. The predicted molar refractivity (Wildman–Crippen MR) is 46.3 cm³/mol. The Hall–Kier alpha value is -1.78. The number of aromatic nitrogens is 1. The zero-order valence-corrected chi connectivity index (χ0v) is 7.65. The summed E-state index contributed by atoms with van der Waals surface area (Å²) in [6, 6.07) is 1.55. The van der Waals surface area contributed by atoms with Gasteiger partial charge in [0.2, 0.25) is 6.79 Å². The van der Waals surface area contributed by atoms with Gasteiger partial charge in [-0.15, -0.1) is 0 Å². The highest BCUT2D eigenvalue weighted by molar-refractivity contribution is 5.93. The first-order valence-corrected chi connectivity index (χ1v) is 4.24. The molecule has 1 aromatic heterocycles. The van der Waals surface area contributed by atoms with Crippen LogP contribution in [0.15, 0.2) is 12.3 Å². The number of rotatable bonds is 2. The molecule has 0 aromatic carbocycles. The van der Waals surface area contributed by atoms with Crippen molar-refractivity contribution >= 4 is 5.97 Å². The van der Waals surface area contributed by atoms with Gasteiger partial charge in [-0.05, 0) is 13.0 Å². The Morgan fingerprint density at radius 3 is 3.29 bits per heavy atom. The molecule has 0 bridgehead atoms. The van der Waals surface area contributed by atoms with E-state index in [0.29, 0.717) is 23.8 Å². The highest BCUT2D eigenvalue weighted by Crippen LogP contribution is 2.33. The number of carbonyl (C=O) groups excluding carboxylic acids is 1. The van der Waals surface area contributed by atoms with Gasteiger partial charge in [-0.2, -0.15) is 0 Å². The van der Waals surface area contributed by atoms with E-state index in [1.54, 1.807) is 13.0 Å². The third kappa shape index (κ3) is 1.37. The first-order chi connectivity index (χ1) is 6.83. The van der Waals surface area contributed by atoms with Crippen molar-refractivity contribution in [3.63, 3.8) is 0 Å². The van der Waals surface area contributed by atoms with Crippen LogP contribution in [-0.4, -0.2) is 24.4 Å². The van der Waals surface area contributed by atoms with Crippen molar-refractivity contribution in [1.82, 2.24) is 4.98 Å². The standard InChI is InChI=1S/C9H9NO4/c1-2-12-9(11)6-3-4-10-8-7(6)13-5-14-8/h3-4H,2,5H2,1H3. The minimum atomic E-state index is -0.420. The molecule has 5 heteroatoms. The number of pyridine rings is 1. The molecule has 1 aliphatic heterocycles. The van der Waals surface area contributed by atoms with E-state index in [4.69, 9.17) is 14.2 Å². The summed E-state index contributed by atoms with van der Waals surface area (Å²) in [5.74, 6) is 0.290. The van der Waals surface area contributed by atoms with Crippen molar-refractivity contribution in [3.05, 3.63) is 17.8 Å². The zero-order valence-electron chi connectivity index (χ0n) is 7.65. The Bertz CT molecular complexity index is 364. The lowest BCUT2D eigenvalue weighted by molar-refractivity contribution is 0.0521. The van der Waals surface area contributed by atoms with E-state index in [-0.39, 0.29) is 6.79 Å². The summed E-state index contributed by atoms with van der Waals surface area (Å²) < 4.78 is 15.0. The smallest absolute Gasteiger partial charge is 0.342 e. The number of hydrogen-bond acceptors (Lipinski definition) is 5. The van der Waals surface area contributed by atoms with Crippen LogP contribution in [0.4, 0.5) is 0 Å². The van der Waals surface area contributed by atoms with Crippen molar-refractivity contribution < 1.29 is 19.0 Å². The maximum absolute atomic E-state index is 11.4.